The number of nitrogens with zero attached hydrogens (tertiary/aromatic N) is 3. The highest BCUT2D eigenvalue weighted by Gasteiger charge is 2.13. The van der Waals surface area contributed by atoms with Crippen LogP contribution in [-0.4, -0.2) is 15.2 Å². The first kappa shape index (κ1) is 12.8. The molecule has 4 aromatic rings. The van der Waals surface area contributed by atoms with Crippen LogP contribution in [0.5, 0.6) is 0 Å². The number of benzene rings is 2. The number of rotatable bonds is 3. The van der Waals surface area contributed by atoms with Gasteiger partial charge in [-0.2, -0.15) is 0 Å². The average Bonchev–Trinajstić information content (AvgIpc) is 3.16. The van der Waals surface area contributed by atoms with E-state index in [-0.39, 0.29) is 0 Å². The molecule has 0 unspecified atom stereocenters. The molecule has 5 heteroatoms. The Labute approximate surface area is 126 Å². The molecule has 0 bridgehead atoms. The molecule has 0 amide bonds. The Morgan fingerprint density at radius 2 is 1.73 bits per heavy atom. The van der Waals surface area contributed by atoms with Crippen LogP contribution < -0.4 is 0 Å². The highest BCUT2D eigenvalue weighted by Crippen LogP contribution is 2.22. The third-order valence-electron chi connectivity index (χ3n) is 3.46. The Hall–Kier alpha value is -2.95. The number of fused-ring (bicyclic) bond motifs is 1. The van der Waals surface area contributed by atoms with Crippen molar-refractivity contribution in [2.75, 3.05) is 0 Å². The maximum Gasteiger partial charge on any atom is 0.247 e. The molecule has 22 heavy (non-hydrogen) atoms. The second-order valence-corrected chi connectivity index (χ2v) is 5.07. The first-order valence-corrected chi connectivity index (χ1v) is 7.02. The fourth-order valence-electron chi connectivity index (χ4n) is 2.36. The van der Waals surface area contributed by atoms with E-state index < -0.39 is 0 Å². The normalized spacial score (nSPS) is 11.1. The molecular weight excluding hydrogens is 278 g/mol. The first-order chi connectivity index (χ1) is 10.8. The molecule has 0 saturated carbocycles. The second-order valence-electron chi connectivity index (χ2n) is 5.07. The van der Waals surface area contributed by atoms with Gasteiger partial charge in [0, 0.05) is 5.56 Å². The van der Waals surface area contributed by atoms with Gasteiger partial charge in [0.1, 0.15) is 11.9 Å². The predicted molar refractivity (Wildman–Crippen MR) is 81.3 cm³/mol. The van der Waals surface area contributed by atoms with E-state index in [2.05, 4.69) is 15.2 Å². The van der Waals surface area contributed by atoms with Crippen LogP contribution >= 0.6 is 0 Å². The summed E-state index contributed by atoms with van der Waals surface area (Å²) in [5.74, 6) is 1.57. The quantitative estimate of drug-likeness (QED) is 0.574. The van der Waals surface area contributed by atoms with Gasteiger partial charge in [-0.25, -0.2) is 4.98 Å². The molecule has 4 rings (SSSR count). The zero-order chi connectivity index (χ0) is 14.9. The molecule has 0 N–H and O–H groups in total. The smallest absolute Gasteiger partial charge is 0.247 e. The van der Waals surface area contributed by atoms with Gasteiger partial charge in [-0.15, -0.1) is 10.2 Å². The van der Waals surface area contributed by atoms with E-state index in [0.29, 0.717) is 24.1 Å². The summed E-state index contributed by atoms with van der Waals surface area (Å²) < 4.78 is 11.4. The van der Waals surface area contributed by atoms with Gasteiger partial charge in [0.2, 0.25) is 17.7 Å². The summed E-state index contributed by atoms with van der Waals surface area (Å²) >= 11 is 0. The zero-order valence-electron chi connectivity index (χ0n) is 12.0. The van der Waals surface area contributed by atoms with Gasteiger partial charge in [-0.3, -0.25) is 0 Å². The molecule has 0 aliphatic heterocycles. The lowest BCUT2D eigenvalue weighted by Gasteiger charge is -1.92. The third-order valence-corrected chi connectivity index (χ3v) is 3.46. The summed E-state index contributed by atoms with van der Waals surface area (Å²) in [7, 11) is 0. The lowest BCUT2D eigenvalue weighted by atomic mass is 10.2. The van der Waals surface area contributed by atoms with E-state index >= 15 is 0 Å². The Bertz CT molecular complexity index is 925. The van der Waals surface area contributed by atoms with Gasteiger partial charge < -0.3 is 8.83 Å². The van der Waals surface area contributed by atoms with Gasteiger partial charge in [0.25, 0.3) is 0 Å². The topological polar surface area (TPSA) is 65.0 Å². The maximum atomic E-state index is 5.73. The van der Waals surface area contributed by atoms with E-state index in [1.165, 1.54) is 0 Å². The van der Waals surface area contributed by atoms with E-state index in [1.807, 2.05) is 55.5 Å². The van der Waals surface area contributed by atoms with Gasteiger partial charge in [0.15, 0.2) is 5.58 Å². The molecule has 2 aromatic carbocycles. The fourth-order valence-corrected chi connectivity index (χ4v) is 2.36. The van der Waals surface area contributed by atoms with Crippen LogP contribution in [0.3, 0.4) is 0 Å². The minimum Gasteiger partial charge on any atom is -0.440 e. The van der Waals surface area contributed by atoms with Crippen molar-refractivity contribution in [3.8, 4) is 11.5 Å². The Kier molecular flexibility index (Phi) is 2.96. The van der Waals surface area contributed by atoms with Crippen molar-refractivity contribution in [2.24, 2.45) is 0 Å². The minimum atomic E-state index is 0.383. The summed E-state index contributed by atoms with van der Waals surface area (Å²) in [5.41, 5.74) is 3.63. The van der Waals surface area contributed by atoms with Crippen molar-refractivity contribution in [3.63, 3.8) is 0 Å². The number of para-hydroxylation sites is 1. The monoisotopic (exact) mass is 291 g/mol. The summed E-state index contributed by atoms with van der Waals surface area (Å²) in [6, 6.07) is 15.5. The van der Waals surface area contributed by atoms with Crippen LogP contribution in [0.2, 0.25) is 0 Å². The Balaban J connectivity index is 1.63. The van der Waals surface area contributed by atoms with Gasteiger partial charge in [0.05, 0.1) is 0 Å². The SMILES string of the molecule is Cc1cccc2oc(Cc3nnc(-c4ccccc4)o3)nc12. The highest BCUT2D eigenvalue weighted by atomic mass is 16.4. The minimum absolute atomic E-state index is 0.383. The lowest BCUT2D eigenvalue weighted by molar-refractivity contribution is 0.476. The van der Waals surface area contributed by atoms with Crippen LogP contribution in [0.4, 0.5) is 0 Å². The average molecular weight is 291 g/mol. The van der Waals surface area contributed by atoms with E-state index in [0.717, 1.165) is 22.2 Å². The number of hydrogen-bond donors (Lipinski definition) is 0. The second kappa shape index (κ2) is 5.11. The Morgan fingerprint density at radius 1 is 0.864 bits per heavy atom. The van der Waals surface area contributed by atoms with Crippen LogP contribution in [0.25, 0.3) is 22.6 Å². The molecule has 0 spiro atoms. The molecule has 2 heterocycles. The fraction of sp³-hybridized carbons (Fsp3) is 0.118. The van der Waals surface area contributed by atoms with Crippen molar-refractivity contribution >= 4 is 11.1 Å². The van der Waals surface area contributed by atoms with E-state index in [9.17, 15) is 0 Å². The number of oxazole rings is 1. The molecule has 0 aliphatic carbocycles. The molecule has 0 aliphatic rings. The van der Waals surface area contributed by atoms with Crippen LogP contribution in [0.1, 0.15) is 17.3 Å². The van der Waals surface area contributed by atoms with Crippen molar-refractivity contribution < 1.29 is 8.83 Å². The Morgan fingerprint density at radius 3 is 2.55 bits per heavy atom. The molecule has 0 radical (unpaired) electrons. The van der Waals surface area contributed by atoms with Crippen LogP contribution in [-0.2, 0) is 6.42 Å². The van der Waals surface area contributed by atoms with Crippen molar-refractivity contribution in [3.05, 3.63) is 65.9 Å². The van der Waals surface area contributed by atoms with Crippen molar-refractivity contribution in [1.29, 1.82) is 0 Å². The largest absolute Gasteiger partial charge is 0.440 e. The summed E-state index contributed by atoms with van der Waals surface area (Å²) in [6.45, 7) is 2.01. The molecule has 0 saturated heterocycles. The molecule has 0 atom stereocenters. The molecule has 2 aromatic heterocycles. The van der Waals surface area contributed by atoms with Gasteiger partial charge >= 0.3 is 0 Å². The van der Waals surface area contributed by atoms with Crippen LogP contribution in [0.15, 0.2) is 57.4 Å². The maximum absolute atomic E-state index is 5.73. The van der Waals surface area contributed by atoms with E-state index in [1.54, 1.807) is 0 Å². The summed E-state index contributed by atoms with van der Waals surface area (Å²) in [5, 5.41) is 8.13. The number of aryl methyl sites for hydroxylation is 1. The number of hydrogen-bond acceptors (Lipinski definition) is 5. The molecule has 108 valence electrons. The summed E-state index contributed by atoms with van der Waals surface area (Å²) in [6.07, 6.45) is 0.383. The van der Waals surface area contributed by atoms with Gasteiger partial charge in [-0.1, -0.05) is 30.3 Å². The standard InChI is InChI=1S/C17H13N3O2/c1-11-6-5-9-13-16(11)18-14(21-13)10-15-19-20-17(22-15)12-7-3-2-4-8-12/h2-9H,10H2,1H3. The zero-order valence-corrected chi connectivity index (χ0v) is 12.0. The third kappa shape index (κ3) is 2.26. The number of aromatic nitrogens is 3. The predicted octanol–water partition coefficient (Wildman–Crippen LogP) is 3.78. The lowest BCUT2D eigenvalue weighted by Crippen LogP contribution is -1.88. The highest BCUT2D eigenvalue weighted by molar-refractivity contribution is 5.76. The summed E-state index contributed by atoms with van der Waals surface area (Å²) in [4.78, 5) is 4.50. The van der Waals surface area contributed by atoms with Gasteiger partial charge in [-0.05, 0) is 30.7 Å². The molecule has 0 fully saturated rings. The van der Waals surface area contributed by atoms with Crippen molar-refractivity contribution in [2.45, 2.75) is 13.3 Å². The molecular formula is C17H13N3O2. The van der Waals surface area contributed by atoms with Crippen molar-refractivity contribution in [1.82, 2.24) is 15.2 Å². The van der Waals surface area contributed by atoms with Crippen LogP contribution in [0, 0.1) is 6.92 Å². The van der Waals surface area contributed by atoms with E-state index in [4.69, 9.17) is 8.83 Å². The first-order valence-electron chi connectivity index (χ1n) is 7.02. The molecule has 5 nitrogen and oxygen atoms in total.